The van der Waals surface area contributed by atoms with Crippen molar-refractivity contribution >= 4 is 41.3 Å². The van der Waals surface area contributed by atoms with Crippen LogP contribution in [0.4, 0.5) is 5.69 Å². The second kappa shape index (κ2) is 20.6. The first-order chi connectivity index (χ1) is 25.8. The molecule has 1 aliphatic carbocycles. The molecule has 2 amide bonds. The lowest BCUT2D eigenvalue weighted by Crippen LogP contribution is -2.44. The Balaban J connectivity index is 1.13. The van der Waals surface area contributed by atoms with Gasteiger partial charge >= 0.3 is 0 Å². The Morgan fingerprint density at radius 1 is 0.906 bits per heavy atom. The predicted molar refractivity (Wildman–Crippen MR) is 208 cm³/mol. The van der Waals surface area contributed by atoms with Gasteiger partial charge in [0.15, 0.2) is 5.82 Å². The number of alkyl halides is 1. The third-order valence-corrected chi connectivity index (χ3v) is 9.61. The molecular weight excluding hydrogens is 694 g/mol. The molecule has 3 aromatic rings. The maximum atomic E-state index is 13.7. The van der Waals surface area contributed by atoms with E-state index in [9.17, 15) is 14.4 Å². The minimum atomic E-state index is -0.309. The number of amides is 2. The van der Waals surface area contributed by atoms with Crippen molar-refractivity contribution in [2.75, 3.05) is 57.8 Å². The molecule has 0 saturated heterocycles. The molecule has 284 valence electrons. The number of H-pyrrole nitrogens is 1. The van der Waals surface area contributed by atoms with E-state index in [1.54, 1.807) is 18.2 Å². The molecule has 2 aromatic carbocycles. The van der Waals surface area contributed by atoms with Gasteiger partial charge in [0, 0.05) is 50.8 Å². The highest BCUT2D eigenvalue weighted by molar-refractivity contribution is 6.17. The molecule has 0 unspecified atom stereocenters. The number of hydrogen-bond donors (Lipinski definition) is 3. The number of carbonyl (C=O) groups excluding carboxylic acids is 2. The Morgan fingerprint density at radius 3 is 2.26 bits per heavy atom. The number of aromatic nitrogens is 2. The summed E-state index contributed by atoms with van der Waals surface area (Å²) in [4.78, 5) is 54.1. The van der Waals surface area contributed by atoms with Crippen LogP contribution < -0.4 is 42.6 Å². The van der Waals surface area contributed by atoms with Crippen molar-refractivity contribution in [3.05, 3.63) is 97.9 Å². The van der Waals surface area contributed by atoms with Crippen LogP contribution in [0.3, 0.4) is 0 Å². The first kappa shape index (κ1) is 39.7. The fraction of sp³-hybridized carbons (Fsp3) is 0.475. The van der Waals surface area contributed by atoms with Crippen molar-refractivity contribution in [3.8, 4) is 0 Å². The summed E-state index contributed by atoms with van der Waals surface area (Å²) in [5, 5.41) is 8.00. The molecule has 1 saturated carbocycles. The summed E-state index contributed by atoms with van der Waals surface area (Å²) in [6, 6.07) is 15.4. The fourth-order valence-electron chi connectivity index (χ4n) is 6.37. The number of nitrogens with zero attached hydrogens (tertiary/aromatic N) is 4. The first-order valence-electron chi connectivity index (χ1n) is 18.6. The number of rotatable bonds is 19. The van der Waals surface area contributed by atoms with Crippen LogP contribution in [0.5, 0.6) is 0 Å². The standard InChI is InChI=1S/C40H52ClN7O5/c1-47(2)32-17-11-29(12-18-32)27-35-40(51)48(37(46-35)20-19-36-44-33-9-5-6-10-34(33)45-36)28-38(49)43-31-15-13-30(14-16-31)39(50)42-22-24-53-26-25-52-23-8-4-3-7-21-41/h5-6,9-12,17-20,27,30-31,46H,3-4,7-8,13-16,21-26,28H2,1-2H3,(H,42,50)(H,43,49)/b35-27+,37-20+. The Hall–Kier alpha value is -4.52. The maximum absolute atomic E-state index is 13.7. The fourth-order valence-corrected chi connectivity index (χ4v) is 6.56. The van der Waals surface area contributed by atoms with Crippen LogP contribution in [0.15, 0.2) is 75.2 Å². The quantitative estimate of drug-likeness (QED) is 0.127. The van der Waals surface area contributed by atoms with Crippen LogP contribution in [0.1, 0.15) is 56.9 Å². The molecule has 53 heavy (non-hydrogen) atoms. The van der Waals surface area contributed by atoms with E-state index < -0.39 is 0 Å². The molecule has 0 radical (unpaired) electrons. The third-order valence-electron chi connectivity index (χ3n) is 9.35. The second-order valence-corrected chi connectivity index (χ2v) is 14.0. The van der Waals surface area contributed by atoms with Gasteiger partial charge < -0.3 is 30.0 Å². The lowest BCUT2D eigenvalue weighted by Gasteiger charge is -2.28. The SMILES string of the molecule is CN(C)c1ccc(/C=c2/[nH]/c(=C\C=C3N=c4ccccc4=N3)n(CC(=O)NC3CCC(C(=O)NCCOCCOCCCCCCCl)CC3)c2=O)cc1. The smallest absolute Gasteiger partial charge is 0.276 e. The molecule has 13 heteroatoms. The van der Waals surface area contributed by atoms with Gasteiger partial charge in [-0.05, 0) is 86.6 Å². The van der Waals surface area contributed by atoms with Gasteiger partial charge in [0.25, 0.3) is 5.56 Å². The monoisotopic (exact) mass is 745 g/mol. The van der Waals surface area contributed by atoms with Crippen LogP contribution in [0.2, 0.25) is 0 Å². The van der Waals surface area contributed by atoms with E-state index in [0.29, 0.717) is 74.6 Å². The summed E-state index contributed by atoms with van der Waals surface area (Å²) >= 11 is 5.69. The van der Waals surface area contributed by atoms with Gasteiger partial charge in [0.2, 0.25) is 11.8 Å². The van der Waals surface area contributed by atoms with E-state index in [1.807, 2.05) is 67.5 Å². The number of unbranched alkanes of at least 4 members (excludes halogenated alkanes) is 3. The van der Waals surface area contributed by atoms with Gasteiger partial charge in [0.05, 0.1) is 30.5 Å². The molecule has 2 heterocycles. The number of hydrogen-bond acceptors (Lipinski definition) is 8. The van der Waals surface area contributed by atoms with Crippen LogP contribution in [0, 0.1) is 5.92 Å². The molecule has 1 aromatic heterocycles. The number of nitrogens with one attached hydrogen (secondary N) is 3. The van der Waals surface area contributed by atoms with Gasteiger partial charge in [0.1, 0.15) is 17.4 Å². The van der Waals surface area contributed by atoms with Crippen molar-refractivity contribution in [3.63, 3.8) is 0 Å². The zero-order valence-corrected chi connectivity index (χ0v) is 31.6. The maximum Gasteiger partial charge on any atom is 0.276 e. The van der Waals surface area contributed by atoms with Crippen molar-refractivity contribution in [1.29, 1.82) is 0 Å². The third kappa shape index (κ3) is 12.3. The van der Waals surface area contributed by atoms with Crippen molar-refractivity contribution in [1.82, 2.24) is 20.2 Å². The Kier molecular flexibility index (Phi) is 15.5. The van der Waals surface area contributed by atoms with E-state index in [1.165, 1.54) is 4.57 Å². The molecule has 3 N–H and O–H groups in total. The Labute approximate surface area is 315 Å². The topological polar surface area (TPSA) is 142 Å². The summed E-state index contributed by atoms with van der Waals surface area (Å²) < 4.78 is 12.6. The number of benzene rings is 2. The van der Waals surface area contributed by atoms with Crippen molar-refractivity contribution in [2.24, 2.45) is 15.9 Å². The number of para-hydroxylation sites is 2. The molecule has 1 fully saturated rings. The van der Waals surface area contributed by atoms with E-state index >= 15 is 0 Å². The molecule has 0 atom stereocenters. The van der Waals surface area contributed by atoms with Crippen LogP contribution in [0.25, 0.3) is 12.2 Å². The van der Waals surface area contributed by atoms with E-state index in [-0.39, 0.29) is 35.9 Å². The minimum absolute atomic E-state index is 0.0173. The normalized spacial score (nSPS) is 17.2. The summed E-state index contributed by atoms with van der Waals surface area (Å²) in [5.74, 6) is 0.870. The molecule has 0 bridgehead atoms. The van der Waals surface area contributed by atoms with Gasteiger partial charge in [-0.15, -0.1) is 11.6 Å². The van der Waals surface area contributed by atoms with Crippen LogP contribution in [-0.2, 0) is 25.6 Å². The van der Waals surface area contributed by atoms with E-state index in [4.69, 9.17) is 21.1 Å². The average Bonchev–Trinajstić information content (AvgIpc) is 3.71. The summed E-state index contributed by atoms with van der Waals surface area (Å²) in [5.41, 5.74) is 2.05. The number of aromatic amines is 1. The first-order valence-corrected chi connectivity index (χ1v) is 19.1. The highest BCUT2D eigenvalue weighted by Gasteiger charge is 2.27. The largest absolute Gasteiger partial charge is 0.379 e. The zero-order valence-electron chi connectivity index (χ0n) is 30.8. The number of fused-ring (bicyclic) bond motifs is 1. The van der Waals surface area contributed by atoms with E-state index in [0.717, 1.165) is 54.3 Å². The average molecular weight is 746 g/mol. The molecule has 5 rings (SSSR count). The number of imidazole rings is 1. The van der Waals surface area contributed by atoms with Crippen LogP contribution >= 0.6 is 11.6 Å². The second-order valence-electron chi connectivity index (χ2n) is 13.6. The summed E-state index contributed by atoms with van der Waals surface area (Å²) in [7, 11) is 3.94. The number of anilines is 1. The highest BCUT2D eigenvalue weighted by Crippen LogP contribution is 2.24. The lowest BCUT2D eigenvalue weighted by atomic mass is 9.85. The van der Waals surface area contributed by atoms with Crippen molar-refractivity contribution < 1.29 is 19.1 Å². The molecule has 2 aliphatic rings. The Morgan fingerprint density at radius 2 is 1.58 bits per heavy atom. The van der Waals surface area contributed by atoms with Gasteiger partial charge in [-0.2, -0.15) is 0 Å². The number of carbonyl (C=O) groups is 2. The zero-order chi connectivity index (χ0) is 37.4. The van der Waals surface area contributed by atoms with Crippen molar-refractivity contribution in [2.45, 2.75) is 64.0 Å². The molecule has 0 spiro atoms. The van der Waals surface area contributed by atoms with Gasteiger partial charge in [-0.25, -0.2) is 9.98 Å². The highest BCUT2D eigenvalue weighted by atomic mass is 35.5. The molecule has 1 aliphatic heterocycles. The number of halogens is 1. The number of ether oxygens (including phenoxy) is 2. The van der Waals surface area contributed by atoms with Gasteiger partial charge in [-0.3, -0.25) is 19.0 Å². The van der Waals surface area contributed by atoms with Gasteiger partial charge in [-0.1, -0.05) is 37.1 Å². The summed E-state index contributed by atoms with van der Waals surface area (Å²) in [6.45, 7) is 2.49. The Bertz CT molecular complexity index is 1960. The van der Waals surface area contributed by atoms with Crippen LogP contribution in [-0.4, -0.2) is 80.4 Å². The number of allylic oxidation sites excluding steroid dienone is 1. The minimum Gasteiger partial charge on any atom is -0.379 e. The molecular formula is C40H52ClN7O5. The lowest BCUT2D eigenvalue weighted by molar-refractivity contribution is -0.126. The predicted octanol–water partition coefficient (Wildman–Crippen LogP) is 2.27. The van der Waals surface area contributed by atoms with E-state index in [2.05, 4.69) is 25.6 Å². The summed E-state index contributed by atoms with van der Waals surface area (Å²) in [6.07, 6.45) is 12.3. The molecule has 12 nitrogen and oxygen atoms in total.